The second-order valence-corrected chi connectivity index (χ2v) is 6.72. The Balaban J connectivity index is 1.58. The molecule has 152 valence electrons. The van der Waals surface area contributed by atoms with Gasteiger partial charge in [0.2, 0.25) is 5.82 Å². The first-order chi connectivity index (χ1) is 14.4. The zero-order valence-electron chi connectivity index (χ0n) is 15.8. The van der Waals surface area contributed by atoms with Crippen molar-refractivity contribution in [3.63, 3.8) is 0 Å². The number of hydrogen-bond acceptors (Lipinski definition) is 5. The van der Waals surface area contributed by atoms with Gasteiger partial charge in [-0.05, 0) is 48.4 Å². The Morgan fingerprint density at radius 1 is 0.933 bits per heavy atom. The molecule has 0 aliphatic carbocycles. The molecular formula is C22H16F3N3O2. The number of halogens is 3. The smallest absolute Gasteiger partial charge is 0.258 e. The molecule has 0 spiro atoms. The summed E-state index contributed by atoms with van der Waals surface area (Å²) in [4.78, 5) is 4.20. The molecule has 5 nitrogen and oxygen atoms in total. The van der Waals surface area contributed by atoms with E-state index in [4.69, 9.17) is 4.52 Å². The summed E-state index contributed by atoms with van der Waals surface area (Å²) < 4.78 is 45.4. The third-order valence-corrected chi connectivity index (χ3v) is 4.58. The van der Waals surface area contributed by atoms with E-state index in [0.717, 1.165) is 28.9 Å². The number of rotatable bonds is 5. The lowest BCUT2D eigenvalue weighted by molar-refractivity contribution is 0.395. The highest BCUT2D eigenvalue weighted by molar-refractivity contribution is 5.67. The second kappa shape index (κ2) is 7.90. The van der Waals surface area contributed by atoms with E-state index in [-0.39, 0.29) is 23.1 Å². The van der Waals surface area contributed by atoms with Gasteiger partial charge in [0, 0.05) is 23.4 Å². The zero-order valence-corrected chi connectivity index (χ0v) is 15.8. The van der Waals surface area contributed by atoms with Crippen molar-refractivity contribution in [2.24, 2.45) is 0 Å². The van der Waals surface area contributed by atoms with Crippen molar-refractivity contribution < 1.29 is 22.8 Å². The second-order valence-electron chi connectivity index (χ2n) is 6.72. The minimum Gasteiger partial charge on any atom is -0.503 e. The number of phenolic OH excluding ortho intramolecular Hbond substituents is 1. The number of hydrogen-bond donors (Lipinski definition) is 2. The molecule has 0 bridgehead atoms. The molecule has 4 aromatic rings. The van der Waals surface area contributed by atoms with E-state index in [1.54, 1.807) is 18.2 Å². The predicted octanol–water partition coefficient (Wildman–Crippen LogP) is 5.45. The lowest BCUT2D eigenvalue weighted by Gasteiger charge is -2.11. The number of nitrogens with zero attached hydrogens (tertiary/aromatic N) is 2. The largest absolute Gasteiger partial charge is 0.503 e. The molecule has 0 aliphatic heterocycles. The maximum absolute atomic E-state index is 13.6. The van der Waals surface area contributed by atoms with Gasteiger partial charge in [0.05, 0.1) is 0 Å². The minimum atomic E-state index is -1.12. The fourth-order valence-corrected chi connectivity index (χ4v) is 2.90. The van der Waals surface area contributed by atoms with Gasteiger partial charge >= 0.3 is 0 Å². The normalized spacial score (nSPS) is 10.9. The van der Waals surface area contributed by atoms with Crippen LogP contribution in [0.1, 0.15) is 11.1 Å². The molecule has 8 heteroatoms. The molecule has 30 heavy (non-hydrogen) atoms. The summed E-state index contributed by atoms with van der Waals surface area (Å²) in [6.07, 6.45) is 0. The van der Waals surface area contributed by atoms with E-state index in [1.807, 2.05) is 19.1 Å². The van der Waals surface area contributed by atoms with Crippen molar-refractivity contribution in [1.29, 1.82) is 0 Å². The third kappa shape index (κ3) is 3.98. The van der Waals surface area contributed by atoms with Gasteiger partial charge in [-0.2, -0.15) is 4.98 Å². The van der Waals surface area contributed by atoms with Crippen LogP contribution in [0.25, 0.3) is 22.8 Å². The third-order valence-electron chi connectivity index (χ3n) is 4.58. The first-order valence-electron chi connectivity index (χ1n) is 9.02. The summed E-state index contributed by atoms with van der Waals surface area (Å²) in [6, 6.07) is 13.5. The van der Waals surface area contributed by atoms with Gasteiger partial charge in [-0.15, -0.1) is 0 Å². The molecule has 0 saturated carbocycles. The number of phenols is 1. The molecule has 0 unspecified atom stereocenters. The number of aromatic nitrogens is 2. The summed E-state index contributed by atoms with van der Waals surface area (Å²) in [5.41, 5.74) is 3.37. The number of aromatic hydroxyl groups is 1. The van der Waals surface area contributed by atoms with E-state index >= 15 is 0 Å². The monoisotopic (exact) mass is 411 g/mol. The lowest BCUT2D eigenvalue weighted by Crippen LogP contribution is -2.01. The van der Waals surface area contributed by atoms with Crippen molar-refractivity contribution in [2.45, 2.75) is 13.5 Å². The van der Waals surface area contributed by atoms with E-state index in [1.165, 1.54) is 12.1 Å². The van der Waals surface area contributed by atoms with Gasteiger partial charge in [-0.25, -0.2) is 13.2 Å². The fourth-order valence-electron chi connectivity index (χ4n) is 2.90. The number of nitrogens with one attached hydrogen (secondary N) is 1. The molecule has 1 heterocycles. The van der Waals surface area contributed by atoms with Crippen LogP contribution in [0.4, 0.5) is 18.9 Å². The molecule has 0 amide bonds. The van der Waals surface area contributed by atoms with Crippen LogP contribution in [-0.4, -0.2) is 15.2 Å². The van der Waals surface area contributed by atoms with Crippen molar-refractivity contribution in [1.82, 2.24) is 10.1 Å². The van der Waals surface area contributed by atoms with Crippen LogP contribution in [0, 0.1) is 24.4 Å². The number of benzene rings is 3. The van der Waals surface area contributed by atoms with E-state index in [9.17, 15) is 18.3 Å². The van der Waals surface area contributed by atoms with E-state index < -0.39 is 17.4 Å². The zero-order chi connectivity index (χ0) is 21.3. The maximum atomic E-state index is 13.6. The summed E-state index contributed by atoms with van der Waals surface area (Å²) >= 11 is 0. The van der Waals surface area contributed by atoms with Gasteiger partial charge in [0.15, 0.2) is 17.4 Å². The van der Waals surface area contributed by atoms with Crippen molar-refractivity contribution in [3.8, 4) is 28.6 Å². The standard InChI is InChI=1S/C22H16F3N3O2/c1-12-2-5-14(10-19(12)26-11-13-3-6-16(23)7-4-13)21-27-22(30-28-21)15-8-17(24)20(29)18(25)9-15/h2-10,26,29H,11H2,1H3. The van der Waals surface area contributed by atoms with Crippen molar-refractivity contribution >= 4 is 5.69 Å². The Morgan fingerprint density at radius 3 is 2.33 bits per heavy atom. The van der Waals surface area contributed by atoms with Crippen LogP contribution < -0.4 is 5.32 Å². The predicted molar refractivity (Wildman–Crippen MR) is 105 cm³/mol. The summed E-state index contributed by atoms with van der Waals surface area (Å²) in [5, 5.41) is 16.4. The highest BCUT2D eigenvalue weighted by Crippen LogP contribution is 2.29. The van der Waals surface area contributed by atoms with Gasteiger partial charge < -0.3 is 14.9 Å². The van der Waals surface area contributed by atoms with E-state index in [0.29, 0.717) is 12.1 Å². The molecule has 0 fully saturated rings. The summed E-state index contributed by atoms with van der Waals surface area (Å²) in [5.74, 6) is -3.43. The van der Waals surface area contributed by atoms with Crippen molar-refractivity contribution in [2.75, 3.05) is 5.32 Å². The SMILES string of the molecule is Cc1ccc(-c2noc(-c3cc(F)c(O)c(F)c3)n2)cc1NCc1ccc(F)cc1. The first kappa shape index (κ1) is 19.5. The highest BCUT2D eigenvalue weighted by Gasteiger charge is 2.16. The summed E-state index contributed by atoms with van der Waals surface area (Å²) in [7, 11) is 0. The average Bonchev–Trinajstić information content (AvgIpc) is 3.22. The number of aryl methyl sites for hydroxylation is 1. The Labute approximate surface area is 169 Å². The van der Waals surface area contributed by atoms with Crippen LogP contribution in [0.15, 0.2) is 59.1 Å². The molecule has 0 saturated heterocycles. The Hall–Kier alpha value is -3.81. The van der Waals surface area contributed by atoms with Crippen LogP contribution in [0.3, 0.4) is 0 Å². The lowest BCUT2D eigenvalue weighted by atomic mass is 10.1. The molecule has 1 aromatic heterocycles. The molecule has 2 N–H and O–H groups in total. The highest BCUT2D eigenvalue weighted by atomic mass is 19.1. The van der Waals surface area contributed by atoms with Gasteiger partial charge in [-0.3, -0.25) is 0 Å². The Kier molecular flexibility index (Phi) is 5.14. The van der Waals surface area contributed by atoms with Crippen LogP contribution >= 0.6 is 0 Å². The number of anilines is 1. The Morgan fingerprint density at radius 2 is 1.63 bits per heavy atom. The molecule has 0 atom stereocenters. The topological polar surface area (TPSA) is 71.2 Å². The van der Waals surface area contributed by atoms with Crippen LogP contribution in [0.5, 0.6) is 5.75 Å². The first-order valence-corrected chi connectivity index (χ1v) is 9.02. The molecule has 0 aliphatic rings. The van der Waals surface area contributed by atoms with E-state index in [2.05, 4.69) is 15.5 Å². The Bertz CT molecular complexity index is 1180. The summed E-state index contributed by atoms with van der Waals surface area (Å²) in [6.45, 7) is 2.43. The maximum Gasteiger partial charge on any atom is 0.258 e. The average molecular weight is 411 g/mol. The van der Waals surface area contributed by atoms with Crippen LogP contribution in [0.2, 0.25) is 0 Å². The van der Waals surface area contributed by atoms with Gasteiger partial charge in [0.1, 0.15) is 5.82 Å². The van der Waals surface area contributed by atoms with Gasteiger partial charge in [0.25, 0.3) is 5.89 Å². The minimum absolute atomic E-state index is 0.0170. The molecule has 0 radical (unpaired) electrons. The molecular weight excluding hydrogens is 395 g/mol. The molecule has 4 rings (SSSR count). The quantitative estimate of drug-likeness (QED) is 0.457. The fraction of sp³-hybridized carbons (Fsp3) is 0.0909. The van der Waals surface area contributed by atoms with Crippen LogP contribution in [-0.2, 0) is 6.54 Å². The van der Waals surface area contributed by atoms with Crippen molar-refractivity contribution in [3.05, 3.63) is 83.2 Å². The molecule has 3 aromatic carbocycles. The van der Waals surface area contributed by atoms with Gasteiger partial charge in [-0.1, -0.05) is 29.4 Å².